The number of nitrogens with zero attached hydrogens (tertiary/aromatic N) is 4. The van der Waals surface area contributed by atoms with E-state index in [0.29, 0.717) is 42.8 Å². The van der Waals surface area contributed by atoms with Crippen LogP contribution in [0.25, 0.3) is 32.3 Å². The first-order valence-corrected chi connectivity index (χ1v) is 21.7. The molecule has 4 heterocycles. The molecule has 2 saturated heterocycles. The second-order valence-electron chi connectivity index (χ2n) is 15.4. The Morgan fingerprint density at radius 2 is 1.10 bits per heavy atom. The summed E-state index contributed by atoms with van der Waals surface area (Å²) < 4.78 is 12.7. The molecule has 8 rings (SSSR count). The van der Waals surface area contributed by atoms with Gasteiger partial charge in [-0.15, -0.1) is 0 Å². The van der Waals surface area contributed by atoms with Gasteiger partial charge in [0.15, 0.2) is 0 Å². The smallest absolute Gasteiger partial charge is 0.410 e. The predicted octanol–water partition coefficient (Wildman–Crippen LogP) is 12.8. The van der Waals surface area contributed by atoms with Gasteiger partial charge in [-0.05, 0) is 124 Å². The van der Waals surface area contributed by atoms with Crippen LogP contribution in [0.15, 0.2) is 84.2 Å². The maximum absolute atomic E-state index is 12.5. The lowest BCUT2D eigenvalue weighted by molar-refractivity contribution is 0.0236. The fourth-order valence-corrected chi connectivity index (χ4v) is 9.20. The van der Waals surface area contributed by atoms with Crippen LogP contribution >= 0.6 is 55.1 Å². The first kappa shape index (κ1) is 41.9. The average Bonchev–Trinajstić information content (AvgIpc) is 3.40. The number of likely N-dealkylation sites (tertiary alicyclic amines) is 2. The molecule has 2 aromatic heterocycles. The number of carbonyl (C=O) groups excluding carboxylic acids is 2. The van der Waals surface area contributed by atoms with Crippen molar-refractivity contribution in [2.24, 2.45) is 0 Å². The zero-order valence-electron chi connectivity index (χ0n) is 32.9. The number of fused-ring (bicyclic) bond motifs is 4. The molecule has 0 saturated carbocycles. The lowest BCUT2D eigenvalue weighted by Crippen LogP contribution is -2.40. The van der Waals surface area contributed by atoms with Crippen molar-refractivity contribution in [2.75, 3.05) is 32.8 Å². The highest BCUT2D eigenvalue weighted by Crippen LogP contribution is 2.44. The first-order valence-electron chi connectivity index (χ1n) is 19.4. The maximum Gasteiger partial charge on any atom is 0.410 e. The number of piperidine rings is 2. The zero-order chi connectivity index (χ0) is 41.1. The van der Waals surface area contributed by atoms with Crippen LogP contribution in [-0.2, 0) is 9.47 Å². The Morgan fingerprint density at radius 3 is 1.52 bits per heavy atom. The molecule has 2 amide bonds. The topological polar surface area (TPSA) is 84.9 Å². The number of rotatable bonds is 1. The standard InChI is InChI=1S/C24H24BrClN2O2.C22H20BrClN2O2/c1-24(2,3)30-23(29)28-11-8-15(9-12-28)21-18-7-6-17(26)14-19(18)20(25)13-16-5-4-10-27-22(16)21;1-2-28-22(27)26-10-7-14(8-11-26)20-17-6-5-16(24)13-18(17)19(23)12-15-4-3-9-25-21(15)20/h4-7,10,13-14H,8-9,11-12H2,1-3H3;3-6,9,12-13H,2,7-8,10-11H2,1H3. The Morgan fingerprint density at radius 1 is 0.672 bits per heavy atom. The van der Waals surface area contributed by atoms with Crippen molar-refractivity contribution in [2.45, 2.75) is 59.0 Å². The molecular weight excluding hydrogens is 903 g/mol. The zero-order valence-corrected chi connectivity index (χ0v) is 37.6. The SMILES string of the molecule is CC(C)(C)OC(=O)N1CCC(=C2c3ccc(Cl)cc3C(Br)=Cc3cccnc32)CC1.CCOC(=O)N1CCC(=C2c3ccc(Cl)cc3C(Br)=Cc3cccnc32)CC1. The third-order valence-corrected chi connectivity index (χ3v) is 12.1. The molecule has 0 radical (unpaired) electrons. The highest BCUT2D eigenvalue weighted by atomic mass is 79.9. The molecule has 58 heavy (non-hydrogen) atoms. The number of halogens is 4. The van der Waals surface area contributed by atoms with E-state index in [1.807, 2.05) is 76.5 Å². The number of pyridine rings is 2. The van der Waals surface area contributed by atoms with Crippen LogP contribution in [0.3, 0.4) is 0 Å². The summed E-state index contributed by atoms with van der Waals surface area (Å²) in [4.78, 5) is 37.6. The first-order chi connectivity index (χ1) is 27.8. The largest absolute Gasteiger partial charge is 0.450 e. The Hall–Kier alpha value is -4.22. The number of hydrogen-bond acceptors (Lipinski definition) is 6. The van der Waals surface area contributed by atoms with Crippen molar-refractivity contribution >= 4 is 99.5 Å². The highest BCUT2D eigenvalue weighted by Gasteiger charge is 2.30. The Bertz CT molecular complexity index is 2380. The summed E-state index contributed by atoms with van der Waals surface area (Å²) in [6, 6.07) is 20.0. The van der Waals surface area contributed by atoms with Gasteiger partial charge in [0.05, 0.1) is 18.0 Å². The maximum atomic E-state index is 12.5. The summed E-state index contributed by atoms with van der Waals surface area (Å²) in [5, 5.41) is 1.40. The lowest BCUT2D eigenvalue weighted by atomic mass is 9.88. The Balaban J connectivity index is 0.000000177. The van der Waals surface area contributed by atoms with Crippen molar-refractivity contribution in [1.29, 1.82) is 0 Å². The minimum Gasteiger partial charge on any atom is -0.450 e. The molecule has 2 aliphatic heterocycles. The van der Waals surface area contributed by atoms with E-state index in [-0.39, 0.29) is 12.2 Å². The predicted molar refractivity (Wildman–Crippen MR) is 242 cm³/mol. The molecule has 0 N–H and O–H groups in total. The third-order valence-electron chi connectivity index (χ3n) is 10.4. The molecule has 4 aromatic rings. The highest BCUT2D eigenvalue weighted by molar-refractivity contribution is 9.15. The molecule has 300 valence electrons. The second kappa shape index (κ2) is 18.0. The third kappa shape index (κ3) is 9.31. The number of amides is 2. The number of benzene rings is 2. The number of ether oxygens (including phenoxy) is 2. The van der Waals surface area contributed by atoms with Crippen molar-refractivity contribution < 1.29 is 19.1 Å². The molecule has 2 aromatic carbocycles. The summed E-state index contributed by atoms with van der Waals surface area (Å²) in [5.74, 6) is 0. The molecular formula is C46H44Br2Cl2N4O4. The van der Waals surface area contributed by atoms with Crippen molar-refractivity contribution in [3.8, 4) is 0 Å². The van der Waals surface area contributed by atoms with Crippen LogP contribution < -0.4 is 0 Å². The van der Waals surface area contributed by atoms with Gasteiger partial charge in [-0.1, -0.05) is 90.5 Å². The van der Waals surface area contributed by atoms with E-state index < -0.39 is 5.60 Å². The average molecular weight is 948 g/mol. The number of carbonyl (C=O) groups is 2. The number of aromatic nitrogens is 2. The Labute approximate surface area is 366 Å². The number of hydrogen-bond donors (Lipinski definition) is 0. The van der Waals surface area contributed by atoms with Crippen LogP contribution in [-0.4, -0.2) is 70.3 Å². The molecule has 2 fully saturated rings. The van der Waals surface area contributed by atoms with Crippen LogP contribution in [0.4, 0.5) is 9.59 Å². The van der Waals surface area contributed by atoms with Gasteiger partial charge in [-0.2, -0.15) is 0 Å². The van der Waals surface area contributed by atoms with Crippen molar-refractivity contribution in [3.05, 3.63) is 139 Å². The van der Waals surface area contributed by atoms with E-state index in [1.165, 1.54) is 11.1 Å². The van der Waals surface area contributed by atoms with E-state index >= 15 is 0 Å². The molecule has 12 heteroatoms. The van der Waals surface area contributed by atoms with Crippen molar-refractivity contribution in [3.63, 3.8) is 0 Å². The van der Waals surface area contributed by atoms with E-state index in [2.05, 4.69) is 68.3 Å². The summed E-state index contributed by atoms with van der Waals surface area (Å²) in [6.45, 7) is 10.5. The van der Waals surface area contributed by atoms with Gasteiger partial charge in [0.1, 0.15) is 5.60 Å². The minimum absolute atomic E-state index is 0.234. The van der Waals surface area contributed by atoms with E-state index in [9.17, 15) is 9.59 Å². The van der Waals surface area contributed by atoms with Crippen LogP contribution in [0, 0.1) is 0 Å². The van der Waals surface area contributed by atoms with E-state index in [1.54, 1.807) is 9.80 Å². The van der Waals surface area contributed by atoms with Gasteiger partial charge >= 0.3 is 12.2 Å². The molecule has 4 aliphatic rings. The summed E-state index contributed by atoms with van der Waals surface area (Å²) >= 11 is 20.0. The molecule has 0 atom stereocenters. The van der Waals surface area contributed by atoms with Gasteiger partial charge in [-0.3, -0.25) is 9.97 Å². The van der Waals surface area contributed by atoms with E-state index in [0.717, 1.165) is 90.6 Å². The quantitative estimate of drug-likeness (QED) is 0.189. The van der Waals surface area contributed by atoms with E-state index in [4.69, 9.17) is 42.6 Å². The van der Waals surface area contributed by atoms with Crippen LogP contribution in [0.1, 0.15) is 98.1 Å². The van der Waals surface area contributed by atoms with Crippen molar-refractivity contribution in [1.82, 2.24) is 19.8 Å². The van der Waals surface area contributed by atoms with Gasteiger partial charge in [-0.25, -0.2) is 9.59 Å². The molecule has 0 spiro atoms. The summed E-state index contributed by atoms with van der Waals surface area (Å²) in [5.41, 5.74) is 12.8. The van der Waals surface area contributed by atoms with Gasteiger partial charge in [0.2, 0.25) is 0 Å². The molecule has 0 bridgehead atoms. The second-order valence-corrected chi connectivity index (χ2v) is 17.9. The monoisotopic (exact) mass is 944 g/mol. The van der Waals surface area contributed by atoms with Gasteiger partial charge < -0.3 is 19.3 Å². The Kier molecular flexibility index (Phi) is 13.0. The molecule has 0 unspecified atom stereocenters. The normalized spacial score (nSPS) is 16.3. The van der Waals surface area contributed by atoms with Crippen LogP contribution in [0.5, 0.6) is 0 Å². The van der Waals surface area contributed by atoms with Gasteiger partial charge in [0.25, 0.3) is 0 Å². The summed E-state index contributed by atoms with van der Waals surface area (Å²) in [6.07, 6.45) is 10.5. The van der Waals surface area contributed by atoms with Gasteiger partial charge in [0, 0.05) is 79.9 Å². The van der Waals surface area contributed by atoms with Crippen LogP contribution in [0.2, 0.25) is 10.0 Å². The fraction of sp³-hybridized carbons (Fsp3) is 0.304. The fourth-order valence-electron chi connectivity index (χ4n) is 7.71. The molecule has 8 nitrogen and oxygen atoms in total. The summed E-state index contributed by atoms with van der Waals surface area (Å²) in [7, 11) is 0. The lowest BCUT2D eigenvalue weighted by Gasteiger charge is -2.32. The minimum atomic E-state index is -0.490. The molecule has 2 aliphatic carbocycles.